The summed E-state index contributed by atoms with van der Waals surface area (Å²) in [6.45, 7) is 0. The topological polar surface area (TPSA) is 54.7 Å². The van der Waals surface area contributed by atoms with Crippen molar-refractivity contribution in [3.05, 3.63) is 17.7 Å². The van der Waals surface area contributed by atoms with Gasteiger partial charge >= 0.3 is 0 Å². The van der Waals surface area contributed by atoms with Crippen molar-refractivity contribution in [3.63, 3.8) is 0 Å². The number of rotatable bonds is 0. The number of hydrogen-bond donors (Lipinski definition) is 2. The molecule has 1 unspecified atom stereocenters. The van der Waals surface area contributed by atoms with Crippen LogP contribution in [0, 0.1) is 0 Å². The van der Waals surface area contributed by atoms with Gasteiger partial charge in [-0.15, -0.1) is 12.4 Å². The minimum absolute atomic E-state index is 0. The number of aryl methyl sites for hydroxylation is 1. The Balaban J connectivity index is 0.000000605. The van der Waals surface area contributed by atoms with E-state index in [9.17, 15) is 0 Å². The lowest BCUT2D eigenvalue weighted by molar-refractivity contribution is 0.565. The third-order valence-corrected chi connectivity index (χ3v) is 2.03. The molecule has 1 aromatic heterocycles. The van der Waals surface area contributed by atoms with Crippen molar-refractivity contribution in [3.8, 4) is 0 Å². The molecule has 1 aliphatic carbocycles. The molecular formula is C7H12ClN3. The average molecular weight is 174 g/mol. The van der Waals surface area contributed by atoms with E-state index < -0.39 is 0 Å². The molecule has 0 radical (unpaired) electrons. The average Bonchev–Trinajstić information content (AvgIpc) is 2.33. The van der Waals surface area contributed by atoms with Crippen molar-refractivity contribution in [1.29, 1.82) is 0 Å². The molecule has 0 amide bonds. The van der Waals surface area contributed by atoms with E-state index in [1.165, 1.54) is 11.4 Å². The molecule has 1 aromatic rings. The zero-order valence-corrected chi connectivity index (χ0v) is 7.03. The summed E-state index contributed by atoms with van der Waals surface area (Å²) in [5.74, 6) is 0. The maximum Gasteiger partial charge on any atom is 0.0925 e. The first kappa shape index (κ1) is 8.56. The van der Waals surface area contributed by atoms with Gasteiger partial charge in [0.1, 0.15) is 0 Å². The molecule has 0 saturated heterocycles. The monoisotopic (exact) mass is 173 g/mol. The van der Waals surface area contributed by atoms with Gasteiger partial charge in [-0.05, 0) is 12.8 Å². The second-order valence-corrected chi connectivity index (χ2v) is 2.83. The predicted molar refractivity (Wildman–Crippen MR) is 45.8 cm³/mol. The number of nitrogens with two attached hydrogens (primary N) is 1. The summed E-state index contributed by atoms with van der Waals surface area (Å²) in [5.41, 5.74) is 8.21. The lowest BCUT2D eigenvalue weighted by atomic mass is 9.97. The zero-order chi connectivity index (χ0) is 6.97. The number of nitrogens with one attached hydrogen (secondary N) is 1. The van der Waals surface area contributed by atoms with Crippen LogP contribution in [0.2, 0.25) is 0 Å². The maximum absolute atomic E-state index is 5.76. The summed E-state index contributed by atoms with van der Waals surface area (Å²) in [6, 6.07) is 0.341. The third-order valence-electron chi connectivity index (χ3n) is 2.03. The van der Waals surface area contributed by atoms with Crippen LogP contribution < -0.4 is 5.73 Å². The number of imidazole rings is 1. The van der Waals surface area contributed by atoms with Gasteiger partial charge in [-0.25, -0.2) is 4.98 Å². The molecule has 2 rings (SSSR count). The van der Waals surface area contributed by atoms with Crippen molar-refractivity contribution < 1.29 is 0 Å². The van der Waals surface area contributed by atoms with E-state index in [1.807, 2.05) is 0 Å². The van der Waals surface area contributed by atoms with E-state index in [-0.39, 0.29) is 12.4 Å². The first-order valence-electron chi connectivity index (χ1n) is 3.63. The van der Waals surface area contributed by atoms with E-state index in [2.05, 4.69) is 9.97 Å². The SMILES string of the molecule is Cl.NC1CCc2nc[nH]c2C1. The fourth-order valence-corrected chi connectivity index (χ4v) is 1.43. The number of fused-ring (bicyclic) bond motifs is 1. The highest BCUT2D eigenvalue weighted by Crippen LogP contribution is 2.15. The number of aromatic nitrogens is 2. The summed E-state index contributed by atoms with van der Waals surface area (Å²) in [7, 11) is 0. The second-order valence-electron chi connectivity index (χ2n) is 2.83. The molecule has 4 heteroatoms. The first-order valence-corrected chi connectivity index (χ1v) is 3.63. The van der Waals surface area contributed by atoms with Crippen molar-refractivity contribution in [2.45, 2.75) is 25.3 Å². The highest BCUT2D eigenvalue weighted by Gasteiger charge is 2.16. The summed E-state index contributed by atoms with van der Waals surface area (Å²) in [6.07, 6.45) is 4.84. The van der Waals surface area contributed by atoms with Gasteiger partial charge < -0.3 is 10.7 Å². The maximum atomic E-state index is 5.76. The predicted octanol–water partition coefficient (Wildman–Crippen LogP) is 0.647. The van der Waals surface area contributed by atoms with Gasteiger partial charge in [0.25, 0.3) is 0 Å². The Morgan fingerprint density at radius 1 is 1.64 bits per heavy atom. The minimum atomic E-state index is 0. The Morgan fingerprint density at radius 3 is 3.27 bits per heavy atom. The molecule has 0 aliphatic heterocycles. The minimum Gasteiger partial charge on any atom is -0.348 e. The largest absolute Gasteiger partial charge is 0.348 e. The molecule has 11 heavy (non-hydrogen) atoms. The van der Waals surface area contributed by atoms with Crippen molar-refractivity contribution in [1.82, 2.24) is 9.97 Å². The van der Waals surface area contributed by atoms with Gasteiger partial charge in [-0.2, -0.15) is 0 Å². The highest BCUT2D eigenvalue weighted by molar-refractivity contribution is 5.85. The molecule has 3 N–H and O–H groups in total. The molecule has 1 heterocycles. The molecule has 1 aliphatic rings. The van der Waals surface area contributed by atoms with Crippen LogP contribution in [0.3, 0.4) is 0 Å². The van der Waals surface area contributed by atoms with Crippen LogP contribution >= 0.6 is 12.4 Å². The number of aromatic amines is 1. The highest BCUT2D eigenvalue weighted by atomic mass is 35.5. The Hall–Kier alpha value is -0.540. The number of halogens is 1. The quantitative estimate of drug-likeness (QED) is 0.605. The molecule has 3 nitrogen and oxygen atoms in total. The van der Waals surface area contributed by atoms with Crippen molar-refractivity contribution in [2.75, 3.05) is 0 Å². The fraction of sp³-hybridized carbons (Fsp3) is 0.571. The van der Waals surface area contributed by atoms with Gasteiger partial charge in [0, 0.05) is 18.2 Å². The summed E-state index contributed by atoms with van der Waals surface area (Å²) < 4.78 is 0. The summed E-state index contributed by atoms with van der Waals surface area (Å²) in [5, 5.41) is 0. The molecule has 0 fully saturated rings. The lowest BCUT2D eigenvalue weighted by Crippen LogP contribution is -2.27. The van der Waals surface area contributed by atoms with Crippen LogP contribution in [-0.4, -0.2) is 16.0 Å². The van der Waals surface area contributed by atoms with Gasteiger partial charge in [0.05, 0.1) is 12.0 Å². The normalized spacial score (nSPS) is 22.1. The van der Waals surface area contributed by atoms with Crippen LogP contribution in [0.5, 0.6) is 0 Å². The smallest absolute Gasteiger partial charge is 0.0925 e. The van der Waals surface area contributed by atoms with Crippen LogP contribution in [-0.2, 0) is 12.8 Å². The van der Waals surface area contributed by atoms with Crippen molar-refractivity contribution >= 4 is 12.4 Å². The molecule has 0 spiro atoms. The lowest BCUT2D eigenvalue weighted by Gasteiger charge is -2.16. The molecule has 0 aromatic carbocycles. The first-order chi connectivity index (χ1) is 4.86. The van der Waals surface area contributed by atoms with E-state index in [4.69, 9.17) is 5.73 Å². The van der Waals surface area contributed by atoms with Gasteiger partial charge in [-0.3, -0.25) is 0 Å². The Bertz CT molecular complexity index is 233. The van der Waals surface area contributed by atoms with Crippen molar-refractivity contribution in [2.24, 2.45) is 5.73 Å². The molecule has 0 saturated carbocycles. The van der Waals surface area contributed by atoms with Gasteiger partial charge in [0.2, 0.25) is 0 Å². The van der Waals surface area contributed by atoms with Gasteiger partial charge in [-0.1, -0.05) is 0 Å². The second kappa shape index (κ2) is 3.24. The standard InChI is InChI=1S/C7H11N3.ClH/c8-5-1-2-6-7(3-5)10-4-9-6;/h4-5H,1-3,8H2,(H,9,10);1H. The Kier molecular flexibility index (Phi) is 2.52. The molecule has 1 atom stereocenters. The number of nitrogens with zero attached hydrogens (tertiary/aromatic N) is 1. The van der Waals surface area contributed by atoms with E-state index >= 15 is 0 Å². The van der Waals surface area contributed by atoms with Crippen LogP contribution in [0.4, 0.5) is 0 Å². The number of hydrogen-bond acceptors (Lipinski definition) is 2. The Morgan fingerprint density at radius 2 is 2.45 bits per heavy atom. The van der Waals surface area contributed by atoms with Crippen LogP contribution in [0.1, 0.15) is 17.8 Å². The zero-order valence-electron chi connectivity index (χ0n) is 6.21. The third kappa shape index (κ3) is 1.54. The molecule has 0 bridgehead atoms. The summed E-state index contributed by atoms with van der Waals surface area (Å²) in [4.78, 5) is 7.28. The van der Waals surface area contributed by atoms with E-state index in [0.29, 0.717) is 6.04 Å². The number of H-pyrrole nitrogens is 1. The molecular weight excluding hydrogens is 162 g/mol. The van der Waals surface area contributed by atoms with Gasteiger partial charge in [0.15, 0.2) is 0 Å². The molecule has 62 valence electrons. The van der Waals surface area contributed by atoms with E-state index in [1.54, 1.807) is 6.33 Å². The van der Waals surface area contributed by atoms with Crippen LogP contribution in [0.15, 0.2) is 6.33 Å². The van der Waals surface area contributed by atoms with Crippen LogP contribution in [0.25, 0.3) is 0 Å². The van der Waals surface area contributed by atoms with E-state index in [0.717, 1.165) is 19.3 Å². The fourth-order valence-electron chi connectivity index (χ4n) is 1.43. The summed E-state index contributed by atoms with van der Waals surface area (Å²) >= 11 is 0. The Labute approximate surface area is 71.8 Å².